The Morgan fingerprint density at radius 2 is 1.88 bits per heavy atom. The van der Waals surface area contributed by atoms with Crippen molar-refractivity contribution in [2.45, 2.75) is 38.6 Å². The summed E-state index contributed by atoms with van der Waals surface area (Å²) in [5, 5.41) is 1.04. The van der Waals surface area contributed by atoms with Crippen molar-refractivity contribution < 1.29 is 23.9 Å². The van der Waals surface area contributed by atoms with E-state index in [0.717, 1.165) is 10.6 Å². The van der Waals surface area contributed by atoms with Crippen LogP contribution >= 0.6 is 0 Å². The van der Waals surface area contributed by atoms with Crippen LogP contribution < -0.4 is 0 Å². The Kier molecular flexibility index (Phi) is 5.46. The van der Waals surface area contributed by atoms with Gasteiger partial charge in [0.15, 0.2) is 0 Å². The van der Waals surface area contributed by atoms with E-state index in [1.807, 2.05) is 30.3 Å². The van der Waals surface area contributed by atoms with E-state index >= 15 is 0 Å². The second-order valence-electron chi connectivity index (χ2n) is 6.52. The maximum atomic E-state index is 12.7. The van der Waals surface area contributed by atoms with Crippen molar-refractivity contribution in [3.05, 3.63) is 35.9 Å². The fourth-order valence-electron chi connectivity index (χ4n) is 2.41. The van der Waals surface area contributed by atoms with Gasteiger partial charge in [-0.15, -0.1) is 0 Å². The first kappa shape index (κ1) is 18.2. The molecule has 1 fully saturated rings. The van der Waals surface area contributed by atoms with E-state index in [2.05, 4.69) is 0 Å². The van der Waals surface area contributed by atoms with Gasteiger partial charge in [-0.05, 0) is 26.3 Å². The number of amides is 2. The first-order chi connectivity index (χ1) is 11.2. The van der Waals surface area contributed by atoms with E-state index in [-0.39, 0.29) is 6.61 Å². The van der Waals surface area contributed by atoms with Crippen molar-refractivity contribution in [2.75, 3.05) is 20.8 Å². The van der Waals surface area contributed by atoms with Gasteiger partial charge in [0.1, 0.15) is 5.60 Å². The molecular weight excluding hydrogens is 312 g/mol. The van der Waals surface area contributed by atoms with E-state index in [1.165, 1.54) is 19.1 Å². The SMILES string of the molecule is CON(C)C(=O)[C@H]1OC[C@@H](c2ccccc2)N1C(=O)OC(C)(C)C. The van der Waals surface area contributed by atoms with Crippen LogP contribution in [0.15, 0.2) is 30.3 Å². The molecule has 0 radical (unpaired) electrons. The number of carbonyl (C=O) groups excluding carboxylic acids is 2. The van der Waals surface area contributed by atoms with Gasteiger partial charge in [-0.3, -0.25) is 14.5 Å². The average molecular weight is 336 g/mol. The average Bonchev–Trinajstić information content (AvgIpc) is 2.97. The fraction of sp³-hybridized carbons (Fsp3) is 0.529. The number of likely N-dealkylation sites (N-methyl/N-ethyl adjacent to an activating group) is 1. The second kappa shape index (κ2) is 7.19. The molecule has 2 atom stereocenters. The molecule has 0 saturated carbocycles. The first-order valence-corrected chi connectivity index (χ1v) is 7.74. The molecule has 132 valence electrons. The molecule has 1 saturated heterocycles. The quantitative estimate of drug-likeness (QED) is 0.793. The van der Waals surface area contributed by atoms with E-state index in [1.54, 1.807) is 20.8 Å². The predicted octanol–water partition coefficient (Wildman–Crippen LogP) is 2.34. The molecule has 7 heteroatoms. The van der Waals surface area contributed by atoms with Crippen molar-refractivity contribution in [2.24, 2.45) is 0 Å². The normalized spacial score (nSPS) is 20.8. The number of nitrogens with zero attached hydrogens (tertiary/aromatic N) is 2. The number of rotatable bonds is 3. The highest BCUT2D eigenvalue weighted by Gasteiger charge is 2.45. The Morgan fingerprint density at radius 3 is 2.42 bits per heavy atom. The lowest BCUT2D eigenvalue weighted by atomic mass is 10.1. The van der Waals surface area contributed by atoms with Gasteiger partial charge in [0.25, 0.3) is 5.91 Å². The summed E-state index contributed by atoms with van der Waals surface area (Å²) in [6.45, 7) is 5.53. The Bertz CT molecular complexity index is 584. The molecule has 7 nitrogen and oxygen atoms in total. The summed E-state index contributed by atoms with van der Waals surface area (Å²) in [4.78, 5) is 31.4. The van der Waals surface area contributed by atoms with E-state index < -0.39 is 29.9 Å². The smallest absolute Gasteiger partial charge is 0.413 e. The second-order valence-corrected chi connectivity index (χ2v) is 6.52. The molecule has 2 amide bonds. The van der Waals surface area contributed by atoms with Gasteiger partial charge >= 0.3 is 6.09 Å². The lowest BCUT2D eigenvalue weighted by Gasteiger charge is -2.31. The fourth-order valence-corrected chi connectivity index (χ4v) is 2.41. The van der Waals surface area contributed by atoms with Gasteiger partial charge in [0.05, 0.1) is 19.8 Å². The van der Waals surface area contributed by atoms with Crippen molar-refractivity contribution in [3.63, 3.8) is 0 Å². The van der Waals surface area contributed by atoms with Crippen LogP contribution in [-0.4, -0.2) is 54.6 Å². The van der Waals surface area contributed by atoms with E-state index in [0.29, 0.717) is 0 Å². The Morgan fingerprint density at radius 1 is 1.25 bits per heavy atom. The summed E-state index contributed by atoms with van der Waals surface area (Å²) < 4.78 is 11.1. The third kappa shape index (κ3) is 4.04. The maximum Gasteiger partial charge on any atom is 0.413 e. The van der Waals surface area contributed by atoms with Gasteiger partial charge in [-0.2, -0.15) is 0 Å². The minimum absolute atomic E-state index is 0.206. The number of benzene rings is 1. The van der Waals surface area contributed by atoms with E-state index in [9.17, 15) is 9.59 Å². The largest absolute Gasteiger partial charge is 0.444 e. The third-order valence-electron chi connectivity index (χ3n) is 3.58. The van der Waals surface area contributed by atoms with Gasteiger partial charge < -0.3 is 9.47 Å². The van der Waals surface area contributed by atoms with Crippen LogP contribution in [-0.2, 0) is 19.1 Å². The third-order valence-corrected chi connectivity index (χ3v) is 3.58. The Hall–Kier alpha value is -2.12. The molecule has 0 N–H and O–H groups in total. The van der Waals surface area contributed by atoms with Crippen LogP contribution in [0.1, 0.15) is 32.4 Å². The van der Waals surface area contributed by atoms with Crippen LogP contribution in [0.2, 0.25) is 0 Å². The maximum absolute atomic E-state index is 12.7. The highest BCUT2D eigenvalue weighted by molar-refractivity contribution is 5.84. The monoisotopic (exact) mass is 336 g/mol. The Balaban J connectivity index is 2.32. The summed E-state index contributed by atoms with van der Waals surface area (Å²) in [6, 6.07) is 9.01. The molecule has 0 unspecified atom stereocenters. The zero-order chi connectivity index (χ0) is 17.9. The van der Waals surface area contributed by atoms with Crippen LogP contribution in [0.5, 0.6) is 0 Å². The summed E-state index contributed by atoms with van der Waals surface area (Å²) >= 11 is 0. The number of carbonyl (C=O) groups is 2. The van der Waals surface area contributed by atoms with Gasteiger partial charge in [0, 0.05) is 7.05 Å². The summed E-state index contributed by atoms with van der Waals surface area (Å²) in [5.74, 6) is -0.471. The van der Waals surface area contributed by atoms with Crippen molar-refractivity contribution in [1.29, 1.82) is 0 Å². The number of hydrogen-bond donors (Lipinski definition) is 0. The lowest BCUT2D eigenvalue weighted by molar-refractivity contribution is -0.184. The van der Waals surface area contributed by atoms with Crippen molar-refractivity contribution in [3.8, 4) is 0 Å². The molecule has 0 spiro atoms. The standard InChI is InChI=1S/C17H24N2O5/c1-17(2,3)24-16(21)19-13(12-9-7-6-8-10-12)11-23-15(19)14(20)18(4)22-5/h6-10,13,15H,11H2,1-5H3/t13-,15+/m0/s1. The van der Waals surface area contributed by atoms with Gasteiger partial charge in [0.2, 0.25) is 6.23 Å². The molecule has 2 rings (SSSR count). The van der Waals surface area contributed by atoms with E-state index in [4.69, 9.17) is 14.3 Å². The topological polar surface area (TPSA) is 68.3 Å². The predicted molar refractivity (Wildman–Crippen MR) is 86.8 cm³/mol. The Labute approximate surface area is 142 Å². The number of hydroxylamine groups is 2. The lowest BCUT2D eigenvalue weighted by Crippen LogP contribution is -2.49. The van der Waals surface area contributed by atoms with Crippen molar-refractivity contribution >= 4 is 12.0 Å². The zero-order valence-electron chi connectivity index (χ0n) is 14.7. The molecule has 24 heavy (non-hydrogen) atoms. The molecule has 0 bridgehead atoms. The minimum atomic E-state index is -1.09. The van der Waals surface area contributed by atoms with Gasteiger partial charge in [-0.25, -0.2) is 9.86 Å². The van der Waals surface area contributed by atoms with Crippen LogP contribution in [0.3, 0.4) is 0 Å². The number of hydrogen-bond acceptors (Lipinski definition) is 5. The minimum Gasteiger partial charge on any atom is -0.444 e. The van der Waals surface area contributed by atoms with Crippen LogP contribution in [0.4, 0.5) is 4.79 Å². The van der Waals surface area contributed by atoms with Crippen LogP contribution in [0, 0.1) is 0 Å². The highest BCUT2D eigenvalue weighted by Crippen LogP contribution is 2.32. The summed E-state index contributed by atoms with van der Waals surface area (Å²) in [6.07, 6.45) is -1.69. The molecule has 1 aromatic carbocycles. The van der Waals surface area contributed by atoms with Crippen LogP contribution in [0.25, 0.3) is 0 Å². The summed E-state index contributed by atoms with van der Waals surface area (Å²) in [5.41, 5.74) is 0.195. The summed E-state index contributed by atoms with van der Waals surface area (Å²) in [7, 11) is 2.84. The highest BCUT2D eigenvalue weighted by atomic mass is 16.7. The van der Waals surface area contributed by atoms with Gasteiger partial charge in [-0.1, -0.05) is 30.3 Å². The van der Waals surface area contributed by atoms with Crippen molar-refractivity contribution in [1.82, 2.24) is 9.96 Å². The molecule has 0 aliphatic carbocycles. The molecular formula is C17H24N2O5. The molecule has 0 aromatic heterocycles. The molecule has 1 aliphatic rings. The molecule has 1 heterocycles. The molecule has 1 aliphatic heterocycles. The first-order valence-electron chi connectivity index (χ1n) is 7.74. The number of ether oxygens (including phenoxy) is 2. The zero-order valence-corrected chi connectivity index (χ0v) is 14.7. The molecule has 1 aromatic rings.